The number of nitrogens with one attached hydrogen (secondary N) is 1. The first-order valence-electron chi connectivity index (χ1n) is 10.3. The molecule has 2 aromatic carbocycles. The molecule has 0 spiro atoms. The molecule has 5 heteroatoms. The van der Waals surface area contributed by atoms with Crippen molar-refractivity contribution in [2.45, 2.75) is 65.1 Å². The summed E-state index contributed by atoms with van der Waals surface area (Å²) in [6.07, 6.45) is 2.27. The van der Waals surface area contributed by atoms with Gasteiger partial charge in [0.05, 0.1) is 0 Å². The van der Waals surface area contributed by atoms with Crippen molar-refractivity contribution in [1.82, 2.24) is 10.2 Å². The summed E-state index contributed by atoms with van der Waals surface area (Å²) >= 11 is 6.24. The maximum atomic E-state index is 13.2. The number of hydrogen-bond acceptors (Lipinski definition) is 2. The summed E-state index contributed by atoms with van der Waals surface area (Å²) in [6.45, 7) is 6.36. The fourth-order valence-electron chi connectivity index (χ4n) is 3.23. The fraction of sp³-hybridized carbons (Fsp3) is 0.417. The molecule has 0 bridgehead atoms. The van der Waals surface area contributed by atoms with Crippen LogP contribution < -0.4 is 5.32 Å². The Morgan fingerprint density at radius 2 is 1.66 bits per heavy atom. The Labute approximate surface area is 179 Å². The highest BCUT2D eigenvalue weighted by Gasteiger charge is 2.29. The average molecular weight is 415 g/mol. The lowest BCUT2D eigenvalue weighted by molar-refractivity contribution is -0.141. The lowest BCUT2D eigenvalue weighted by Crippen LogP contribution is -2.50. The van der Waals surface area contributed by atoms with E-state index < -0.39 is 6.04 Å². The fourth-order valence-corrected chi connectivity index (χ4v) is 3.46. The van der Waals surface area contributed by atoms with E-state index in [1.165, 1.54) is 0 Å². The first-order chi connectivity index (χ1) is 14.0. The molecule has 2 aromatic rings. The Morgan fingerprint density at radius 1 is 1.00 bits per heavy atom. The van der Waals surface area contributed by atoms with E-state index >= 15 is 0 Å². The first-order valence-corrected chi connectivity index (χ1v) is 10.7. The summed E-state index contributed by atoms with van der Waals surface area (Å²) in [6, 6.07) is 16.9. The third kappa shape index (κ3) is 6.90. The lowest BCUT2D eigenvalue weighted by atomic mass is 10.1. The zero-order valence-corrected chi connectivity index (χ0v) is 18.3. The van der Waals surface area contributed by atoms with E-state index in [-0.39, 0.29) is 17.9 Å². The average Bonchev–Trinajstić information content (AvgIpc) is 2.73. The zero-order chi connectivity index (χ0) is 21.2. The van der Waals surface area contributed by atoms with E-state index in [0.717, 1.165) is 17.5 Å². The van der Waals surface area contributed by atoms with Gasteiger partial charge in [-0.1, -0.05) is 74.0 Å². The van der Waals surface area contributed by atoms with Crippen LogP contribution in [0.2, 0.25) is 5.02 Å². The number of amides is 2. The minimum Gasteiger partial charge on any atom is -0.352 e. The molecule has 0 aliphatic heterocycles. The minimum atomic E-state index is -0.497. The lowest BCUT2D eigenvalue weighted by Gasteiger charge is -2.31. The molecule has 2 amide bonds. The van der Waals surface area contributed by atoms with Gasteiger partial charge in [0.25, 0.3) is 0 Å². The number of rotatable bonds is 10. The maximum absolute atomic E-state index is 13.2. The highest BCUT2D eigenvalue weighted by Crippen LogP contribution is 2.19. The van der Waals surface area contributed by atoms with E-state index in [2.05, 4.69) is 5.32 Å². The largest absolute Gasteiger partial charge is 0.352 e. The van der Waals surface area contributed by atoms with Gasteiger partial charge in [0, 0.05) is 24.0 Å². The molecule has 29 heavy (non-hydrogen) atoms. The number of halogens is 1. The van der Waals surface area contributed by atoms with Crippen LogP contribution in [0.5, 0.6) is 0 Å². The molecule has 0 radical (unpaired) electrons. The third-order valence-electron chi connectivity index (χ3n) is 5.15. The van der Waals surface area contributed by atoms with Crippen molar-refractivity contribution >= 4 is 23.4 Å². The molecule has 4 nitrogen and oxygen atoms in total. The van der Waals surface area contributed by atoms with Crippen LogP contribution in [0.4, 0.5) is 0 Å². The summed E-state index contributed by atoms with van der Waals surface area (Å²) in [5.41, 5.74) is 1.95. The van der Waals surface area contributed by atoms with Crippen molar-refractivity contribution in [3.8, 4) is 0 Å². The number of hydrogen-bond donors (Lipinski definition) is 1. The van der Waals surface area contributed by atoms with E-state index in [1.54, 1.807) is 4.90 Å². The molecule has 156 valence electrons. The highest BCUT2D eigenvalue weighted by molar-refractivity contribution is 6.31. The summed E-state index contributed by atoms with van der Waals surface area (Å²) in [5, 5.41) is 3.69. The number of carbonyl (C=O) groups is 2. The van der Waals surface area contributed by atoms with E-state index in [4.69, 9.17) is 11.6 Å². The van der Waals surface area contributed by atoms with E-state index in [9.17, 15) is 9.59 Å². The summed E-state index contributed by atoms with van der Waals surface area (Å²) in [5.74, 6) is -0.135. The Morgan fingerprint density at radius 3 is 2.28 bits per heavy atom. The number of benzene rings is 2. The summed E-state index contributed by atoms with van der Waals surface area (Å²) in [7, 11) is 0. The molecule has 2 rings (SSSR count). The van der Waals surface area contributed by atoms with Crippen molar-refractivity contribution in [3.05, 3.63) is 70.7 Å². The molecule has 0 heterocycles. The molecule has 0 saturated carbocycles. The van der Waals surface area contributed by atoms with Crippen molar-refractivity contribution < 1.29 is 9.59 Å². The van der Waals surface area contributed by atoms with Gasteiger partial charge in [-0.2, -0.15) is 0 Å². The predicted octanol–water partition coefficient (Wildman–Crippen LogP) is 4.99. The minimum absolute atomic E-state index is 0.0417. The molecule has 1 N–H and O–H groups in total. The quantitative estimate of drug-likeness (QED) is 0.595. The van der Waals surface area contributed by atoms with Crippen LogP contribution in [-0.2, 0) is 22.6 Å². The van der Waals surface area contributed by atoms with Crippen molar-refractivity contribution in [2.24, 2.45) is 0 Å². The van der Waals surface area contributed by atoms with Crippen molar-refractivity contribution in [1.29, 1.82) is 0 Å². The smallest absolute Gasteiger partial charge is 0.243 e. The van der Waals surface area contributed by atoms with Gasteiger partial charge >= 0.3 is 0 Å². The normalized spacial score (nSPS) is 12.8. The number of nitrogens with zero attached hydrogens (tertiary/aromatic N) is 1. The standard InChI is InChI=1S/C24H31ClN2O2/c1-4-18(3)26-24(29)22(5-2)27(17-19-11-7-6-8-12-19)23(28)16-15-20-13-9-10-14-21(20)25/h6-14,18,22H,4-5,15-17H2,1-3H3,(H,26,29)/t18-,22-/m1/s1. The van der Waals surface area contributed by atoms with Crippen LogP contribution in [0.15, 0.2) is 54.6 Å². The third-order valence-corrected chi connectivity index (χ3v) is 5.52. The Balaban J connectivity index is 2.19. The van der Waals surface area contributed by atoms with Crippen LogP contribution in [0.1, 0.15) is 51.2 Å². The van der Waals surface area contributed by atoms with Crippen LogP contribution in [0.3, 0.4) is 0 Å². The highest BCUT2D eigenvalue weighted by atomic mass is 35.5. The molecule has 0 saturated heterocycles. The van der Waals surface area contributed by atoms with E-state index in [0.29, 0.717) is 30.8 Å². The molecular formula is C24H31ClN2O2. The first kappa shape index (κ1) is 23.0. The summed E-state index contributed by atoms with van der Waals surface area (Å²) < 4.78 is 0. The van der Waals surface area contributed by atoms with Crippen molar-refractivity contribution in [3.63, 3.8) is 0 Å². The monoisotopic (exact) mass is 414 g/mol. The zero-order valence-electron chi connectivity index (χ0n) is 17.5. The van der Waals surface area contributed by atoms with Crippen LogP contribution >= 0.6 is 11.6 Å². The second-order valence-electron chi connectivity index (χ2n) is 7.34. The topological polar surface area (TPSA) is 49.4 Å². The molecule has 0 aliphatic rings. The van der Waals surface area contributed by atoms with Gasteiger partial charge < -0.3 is 10.2 Å². The van der Waals surface area contributed by atoms with Crippen LogP contribution in [0.25, 0.3) is 0 Å². The second kappa shape index (κ2) is 11.6. The van der Waals surface area contributed by atoms with Gasteiger partial charge in [-0.05, 0) is 43.4 Å². The molecule has 0 unspecified atom stereocenters. The van der Waals surface area contributed by atoms with E-state index in [1.807, 2.05) is 75.4 Å². The molecule has 0 aromatic heterocycles. The Hall–Kier alpha value is -2.33. The molecule has 0 aliphatic carbocycles. The second-order valence-corrected chi connectivity index (χ2v) is 7.75. The Kier molecular flexibility index (Phi) is 9.20. The molecule has 0 fully saturated rings. The van der Waals surface area contributed by atoms with Crippen LogP contribution in [-0.4, -0.2) is 28.8 Å². The van der Waals surface area contributed by atoms with Crippen molar-refractivity contribution in [2.75, 3.05) is 0 Å². The van der Waals surface area contributed by atoms with Gasteiger partial charge in [-0.25, -0.2) is 0 Å². The molecular weight excluding hydrogens is 384 g/mol. The van der Waals surface area contributed by atoms with Gasteiger partial charge in [0.2, 0.25) is 11.8 Å². The predicted molar refractivity (Wildman–Crippen MR) is 119 cm³/mol. The summed E-state index contributed by atoms with van der Waals surface area (Å²) in [4.78, 5) is 27.8. The number of aryl methyl sites for hydroxylation is 1. The maximum Gasteiger partial charge on any atom is 0.243 e. The van der Waals surface area contributed by atoms with Gasteiger partial charge in [-0.3, -0.25) is 9.59 Å². The van der Waals surface area contributed by atoms with Gasteiger partial charge in [-0.15, -0.1) is 0 Å². The van der Waals surface area contributed by atoms with Gasteiger partial charge in [0.1, 0.15) is 6.04 Å². The van der Waals surface area contributed by atoms with Crippen LogP contribution in [0, 0.1) is 0 Å². The number of carbonyl (C=O) groups excluding carboxylic acids is 2. The molecule has 2 atom stereocenters. The Bertz CT molecular complexity index is 794. The SMILES string of the molecule is CC[C@@H](C)NC(=O)[C@@H](CC)N(Cc1ccccc1)C(=O)CCc1ccccc1Cl. The van der Waals surface area contributed by atoms with Gasteiger partial charge in [0.15, 0.2) is 0 Å².